The molecule has 7 nitrogen and oxygen atoms in total. The molecular formula is C38H50O7. The van der Waals surface area contributed by atoms with E-state index in [2.05, 4.69) is 19.2 Å². The molecule has 2 aliphatic carbocycles. The maximum Gasteiger partial charge on any atom is 0.200 e. The first-order valence-electron chi connectivity index (χ1n) is 15.9. The second-order valence-electron chi connectivity index (χ2n) is 15.2. The van der Waals surface area contributed by atoms with E-state index in [9.17, 15) is 20.1 Å². The Labute approximate surface area is 267 Å². The molecule has 244 valence electrons. The molecule has 0 unspecified atom stereocenters. The minimum atomic E-state index is -1.53. The largest absolute Gasteiger partial charge is 0.504 e. The van der Waals surface area contributed by atoms with Crippen molar-refractivity contribution in [1.29, 1.82) is 0 Å². The van der Waals surface area contributed by atoms with Crippen LogP contribution in [0, 0.1) is 28.1 Å². The smallest absolute Gasteiger partial charge is 0.200 e. The van der Waals surface area contributed by atoms with Gasteiger partial charge in [0.2, 0.25) is 0 Å². The standard InChI is InChI=1S/C38H50O7/c1-21(2)11-13-25(23(5)6)18-37-19-26(15-12-22(3)4)35(7,8)38(34(37)43)20-29(36(9,10)44)45-33(38)30(32(37)42)31(41)24-14-16-27(39)28(40)17-24/h12,14,16-17,25-26,29,39-40,44H,1,5,11,13,15,18-20H2,2-4,6-10H3/t25-,26+,29+,37+,38-/m1/s1. The molecule has 0 amide bonds. The monoisotopic (exact) mass is 618 g/mol. The van der Waals surface area contributed by atoms with E-state index in [1.165, 1.54) is 12.1 Å². The number of allylic oxidation sites excluding steroid dienone is 6. The molecule has 7 heteroatoms. The third-order valence-electron chi connectivity index (χ3n) is 10.8. The number of carbonyl (C=O) groups is 3. The second-order valence-corrected chi connectivity index (χ2v) is 15.2. The van der Waals surface area contributed by atoms with E-state index in [0.717, 1.165) is 22.8 Å². The third-order valence-corrected chi connectivity index (χ3v) is 10.8. The average molecular weight is 619 g/mol. The number of aliphatic hydroxyl groups is 1. The first kappa shape index (κ1) is 34.4. The highest BCUT2D eigenvalue weighted by molar-refractivity contribution is 6.35. The molecular weight excluding hydrogens is 568 g/mol. The Hall–Kier alpha value is -3.45. The maximum absolute atomic E-state index is 15.4. The second kappa shape index (κ2) is 11.7. The minimum Gasteiger partial charge on any atom is -0.504 e. The fourth-order valence-electron chi connectivity index (χ4n) is 7.83. The van der Waals surface area contributed by atoms with Gasteiger partial charge in [0.25, 0.3) is 0 Å². The summed E-state index contributed by atoms with van der Waals surface area (Å²) in [6.07, 6.45) is 3.89. The summed E-state index contributed by atoms with van der Waals surface area (Å²) in [5, 5.41) is 31.4. The fraction of sp³-hybridized carbons (Fsp3) is 0.553. The van der Waals surface area contributed by atoms with Gasteiger partial charge in [0.05, 0.1) is 16.4 Å². The van der Waals surface area contributed by atoms with Gasteiger partial charge >= 0.3 is 0 Å². The molecule has 0 radical (unpaired) electrons. The number of rotatable bonds is 11. The Morgan fingerprint density at radius 3 is 2.27 bits per heavy atom. The molecule has 3 aliphatic rings. The van der Waals surface area contributed by atoms with Crippen LogP contribution in [0.3, 0.4) is 0 Å². The molecule has 5 atom stereocenters. The van der Waals surface area contributed by atoms with Crippen molar-refractivity contribution in [3.63, 3.8) is 0 Å². The van der Waals surface area contributed by atoms with Gasteiger partial charge in [0.15, 0.2) is 28.8 Å². The zero-order valence-corrected chi connectivity index (χ0v) is 28.2. The van der Waals surface area contributed by atoms with Crippen molar-refractivity contribution in [2.75, 3.05) is 0 Å². The van der Waals surface area contributed by atoms with E-state index in [-0.39, 0.29) is 53.8 Å². The summed E-state index contributed by atoms with van der Waals surface area (Å²) in [4.78, 5) is 44.9. The lowest BCUT2D eigenvalue weighted by molar-refractivity contribution is -0.167. The predicted molar refractivity (Wildman–Crippen MR) is 175 cm³/mol. The van der Waals surface area contributed by atoms with Crippen LogP contribution in [0.5, 0.6) is 11.5 Å². The van der Waals surface area contributed by atoms with Gasteiger partial charge in [-0.3, -0.25) is 14.4 Å². The molecule has 1 aromatic rings. The maximum atomic E-state index is 15.4. The molecule has 2 bridgehead atoms. The molecule has 4 rings (SSSR count). The van der Waals surface area contributed by atoms with E-state index in [1.807, 2.05) is 41.5 Å². The molecule has 0 aromatic heterocycles. The van der Waals surface area contributed by atoms with Crippen LogP contribution in [-0.2, 0) is 14.3 Å². The van der Waals surface area contributed by atoms with E-state index in [0.29, 0.717) is 19.3 Å². The summed E-state index contributed by atoms with van der Waals surface area (Å²) in [6, 6.07) is 3.67. The van der Waals surface area contributed by atoms with Gasteiger partial charge in [0, 0.05) is 12.0 Å². The van der Waals surface area contributed by atoms with Crippen LogP contribution in [0.15, 0.2) is 65.5 Å². The quantitative estimate of drug-likeness (QED) is 0.0769. The van der Waals surface area contributed by atoms with E-state index >= 15 is 9.59 Å². The van der Waals surface area contributed by atoms with Crippen LogP contribution < -0.4 is 0 Å². The number of phenols is 2. The number of hydrogen-bond acceptors (Lipinski definition) is 7. The zero-order valence-electron chi connectivity index (χ0n) is 28.2. The SMILES string of the molecule is C=C(C)CC[C@H](C[C@]12C[C@H](CC=C(C)C)C(C)(C)[C@@]3(C[C@@H](C(C)(C)O)OC3=C(C(=O)c3ccc(O)c(O)c3)C1=O)C2=O)C(=C)C. The molecule has 2 fully saturated rings. The van der Waals surface area contributed by atoms with E-state index in [1.54, 1.807) is 13.8 Å². The summed E-state index contributed by atoms with van der Waals surface area (Å²) in [5.41, 5.74) is -2.26. The van der Waals surface area contributed by atoms with Crippen molar-refractivity contribution in [3.8, 4) is 11.5 Å². The molecule has 1 saturated carbocycles. The van der Waals surface area contributed by atoms with Crippen LogP contribution >= 0.6 is 0 Å². The van der Waals surface area contributed by atoms with Crippen molar-refractivity contribution < 1.29 is 34.4 Å². The number of aromatic hydroxyl groups is 2. The highest BCUT2D eigenvalue weighted by Crippen LogP contribution is 2.70. The number of hydrogen-bond donors (Lipinski definition) is 3. The summed E-state index contributed by atoms with van der Waals surface area (Å²) in [7, 11) is 0. The van der Waals surface area contributed by atoms with Crippen LogP contribution in [0.1, 0.15) is 104 Å². The van der Waals surface area contributed by atoms with Gasteiger partial charge in [-0.25, -0.2) is 0 Å². The van der Waals surface area contributed by atoms with E-state index < -0.39 is 51.0 Å². The lowest BCUT2D eigenvalue weighted by Gasteiger charge is -2.59. The Morgan fingerprint density at radius 1 is 1.09 bits per heavy atom. The number of Topliss-reactive ketones (excluding diaryl/α,β-unsaturated/α-hetero) is 3. The lowest BCUT2D eigenvalue weighted by Crippen LogP contribution is -2.66. The van der Waals surface area contributed by atoms with Crippen molar-refractivity contribution in [2.45, 2.75) is 106 Å². The van der Waals surface area contributed by atoms with Gasteiger partial charge in [-0.15, -0.1) is 6.58 Å². The van der Waals surface area contributed by atoms with Crippen molar-refractivity contribution in [1.82, 2.24) is 0 Å². The number of phenolic OH excluding ortho intramolecular Hbond substituents is 2. The normalized spacial score (nSPS) is 27.8. The molecule has 1 aromatic carbocycles. The Morgan fingerprint density at radius 2 is 1.73 bits per heavy atom. The average Bonchev–Trinajstić information content (AvgIpc) is 3.34. The van der Waals surface area contributed by atoms with Gasteiger partial charge in [-0.1, -0.05) is 43.2 Å². The van der Waals surface area contributed by atoms with Gasteiger partial charge in [-0.05, 0) is 109 Å². The molecule has 1 spiro atoms. The lowest BCUT2D eigenvalue weighted by atomic mass is 9.40. The summed E-state index contributed by atoms with van der Waals surface area (Å²) in [5.74, 6) is -2.67. The highest BCUT2D eigenvalue weighted by Gasteiger charge is 2.76. The zero-order chi connectivity index (χ0) is 33.9. The summed E-state index contributed by atoms with van der Waals surface area (Å²) >= 11 is 0. The molecule has 3 N–H and O–H groups in total. The number of benzene rings is 1. The molecule has 45 heavy (non-hydrogen) atoms. The Kier molecular flexibility index (Phi) is 8.97. The summed E-state index contributed by atoms with van der Waals surface area (Å²) in [6.45, 7) is 23.5. The van der Waals surface area contributed by atoms with Crippen LogP contribution in [0.2, 0.25) is 0 Å². The summed E-state index contributed by atoms with van der Waals surface area (Å²) < 4.78 is 6.45. The van der Waals surface area contributed by atoms with Crippen molar-refractivity contribution in [3.05, 3.63) is 71.0 Å². The van der Waals surface area contributed by atoms with Crippen LogP contribution in [0.25, 0.3) is 0 Å². The van der Waals surface area contributed by atoms with Gasteiger partial charge < -0.3 is 20.1 Å². The number of fused-ring (bicyclic) bond motifs is 1. The van der Waals surface area contributed by atoms with E-state index in [4.69, 9.17) is 4.74 Å². The highest BCUT2D eigenvalue weighted by atomic mass is 16.5. The van der Waals surface area contributed by atoms with Crippen LogP contribution in [0.4, 0.5) is 0 Å². The predicted octanol–water partition coefficient (Wildman–Crippen LogP) is 7.56. The number of carbonyl (C=O) groups excluding carboxylic acids is 3. The topological polar surface area (TPSA) is 121 Å². The first-order chi connectivity index (χ1) is 20.7. The van der Waals surface area contributed by atoms with Crippen molar-refractivity contribution in [2.24, 2.45) is 28.1 Å². The number of ether oxygens (including phenoxy) is 1. The van der Waals surface area contributed by atoms with Crippen molar-refractivity contribution >= 4 is 17.3 Å². The molecule has 1 saturated heterocycles. The van der Waals surface area contributed by atoms with Crippen LogP contribution in [-0.4, -0.2) is 44.4 Å². The number of ketones is 3. The van der Waals surface area contributed by atoms with Gasteiger partial charge in [-0.2, -0.15) is 0 Å². The third kappa shape index (κ3) is 5.62. The van der Waals surface area contributed by atoms with Gasteiger partial charge in [0.1, 0.15) is 17.4 Å². The molecule has 1 heterocycles. The fourth-order valence-corrected chi connectivity index (χ4v) is 7.83. The minimum absolute atomic E-state index is 0.00758. The first-order valence-corrected chi connectivity index (χ1v) is 15.9. The Balaban J connectivity index is 2.06. The Bertz CT molecular complexity index is 1510. The molecule has 1 aliphatic heterocycles.